The Morgan fingerprint density at radius 3 is 1.55 bits per heavy atom. The molecular formula is C53H38N2. The first-order chi connectivity index (χ1) is 27.0. The first-order valence-electron chi connectivity index (χ1n) is 19.0. The van der Waals surface area contributed by atoms with Crippen LogP contribution in [0.2, 0.25) is 0 Å². The summed E-state index contributed by atoms with van der Waals surface area (Å²) in [7, 11) is 0. The molecule has 1 heterocycles. The largest absolute Gasteiger partial charge is 0.228 e. The van der Waals surface area contributed by atoms with E-state index in [2.05, 4.69) is 184 Å². The van der Waals surface area contributed by atoms with Crippen molar-refractivity contribution in [2.24, 2.45) is 0 Å². The van der Waals surface area contributed by atoms with Crippen LogP contribution in [0.25, 0.3) is 89.2 Å². The molecule has 2 heteroatoms. The third-order valence-corrected chi connectivity index (χ3v) is 11.3. The predicted octanol–water partition coefficient (Wildman–Crippen LogP) is 13.9. The molecule has 0 fully saturated rings. The van der Waals surface area contributed by atoms with Crippen molar-refractivity contribution in [3.63, 3.8) is 0 Å². The number of hydrogen-bond donors (Lipinski definition) is 0. The zero-order valence-corrected chi connectivity index (χ0v) is 30.9. The molecule has 260 valence electrons. The number of benzene rings is 8. The van der Waals surface area contributed by atoms with Crippen LogP contribution in [0.5, 0.6) is 0 Å². The van der Waals surface area contributed by atoms with Gasteiger partial charge in [-0.2, -0.15) is 0 Å². The van der Waals surface area contributed by atoms with Gasteiger partial charge >= 0.3 is 0 Å². The molecule has 1 aliphatic rings. The van der Waals surface area contributed by atoms with Gasteiger partial charge < -0.3 is 0 Å². The smallest absolute Gasteiger partial charge is 0.160 e. The van der Waals surface area contributed by atoms with Crippen LogP contribution < -0.4 is 0 Å². The molecule has 2 nitrogen and oxygen atoms in total. The van der Waals surface area contributed by atoms with Crippen LogP contribution in [0.15, 0.2) is 194 Å². The highest BCUT2D eigenvalue weighted by molar-refractivity contribution is 5.98. The summed E-state index contributed by atoms with van der Waals surface area (Å²) in [6, 6.07) is 69.5. The molecule has 0 atom stereocenters. The van der Waals surface area contributed by atoms with Crippen molar-refractivity contribution in [1.29, 1.82) is 0 Å². The second-order valence-corrected chi connectivity index (χ2v) is 15.0. The maximum atomic E-state index is 5.14. The second kappa shape index (κ2) is 13.2. The lowest BCUT2D eigenvalue weighted by molar-refractivity contribution is 0.666. The van der Waals surface area contributed by atoms with Crippen molar-refractivity contribution in [2.45, 2.75) is 19.3 Å². The van der Waals surface area contributed by atoms with Crippen LogP contribution in [0, 0.1) is 0 Å². The monoisotopic (exact) mass is 702 g/mol. The highest BCUT2D eigenvalue weighted by Crippen LogP contribution is 2.52. The lowest BCUT2D eigenvalue weighted by Gasteiger charge is -2.23. The molecule has 0 spiro atoms. The molecule has 0 bridgehead atoms. The summed E-state index contributed by atoms with van der Waals surface area (Å²) in [5, 5.41) is 2.64. The Hall–Kier alpha value is -6.90. The van der Waals surface area contributed by atoms with Crippen molar-refractivity contribution in [2.75, 3.05) is 0 Å². The summed E-state index contributed by atoms with van der Waals surface area (Å²) in [5.74, 6) is 0.710. The highest BCUT2D eigenvalue weighted by Gasteiger charge is 2.37. The van der Waals surface area contributed by atoms with Crippen molar-refractivity contribution in [3.8, 4) is 78.4 Å². The molecule has 0 saturated heterocycles. The number of hydrogen-bond acceptors (Lipinski definition) is 2. The number of nitrogens with zero attached hydrogens (tertiary/aromatic N) is 2. The minimum absolute atomic E-state index is 0.105. The van der Waals surface area contributed by atoms with Crippen molar-refractivity contribution >= 4 is 10.8 Å². The molecule has 0 unspecified atom stereocenters. The lowest BCUT2D eigenvalue weighted by Crippen LogP contribution is -2.15. The molecular weight excluding hydrogens is 665 g/mol. The lowest BCUT2D eigenvalue weighted by atomic mass is 9.79. The molecule has 9 aromatic rings. The van der Waals surface area contributed by atoms with E-state index in [1.807, 2.05) is 24.3 Å². The zero-order chi connectivity index (χ0) is 36.9. The Morgan fingerprint density at radius 1 is 0.345 bits per heavy atom. The molecule has 55 heavy (non-hydrogen) atoms. The van der Waals surface area contributed by atoms with Gasteiger partial charge in [-0.05, 0) is 90.7 Å². The number of rotatable bonds is 6. The minimum atomic E-state index is -0.105. The average molecular weight is 703 g/mol. The molecule has 1 aliphatic carbocycles. The molecule has 10 rings (SSSR count). The zero-order valence-electron chi connectivity index (χ0n) is 30.9. The summed E-state index contributed by atoms with van der Waals surface area (Å²) < 4.78 is 0. The Labute approximate surface area is 322 Å². The van der Waals surface area contributed by atoms with Gasteiger partial charge in [0.05, 0.1) is 11.4 Å². The van der Waals surface area contributed by atoms with E-state index >= 15 is 0 Å². The molecule has 0 N–H and O–H groups in total. The van der Waals surface area contributed by atoms with Crippen LogP contribution in [-0.4, -0.2) is 9.97 Å². The van der Waals surface area contributed by atoms with Gasteiger partial charge in [0.15, 0.2) is 5.82 Å². The minimum Gasteiger partial charge on any atom is -0.228 e. The van der Waals surface area contributed by atoms with Gasteiger partial charge in [0.25, 0.3) is 0 Å². The molecule has 0 amide bonds. The van der Waals surface area contributed by atoms with Crippen LogP contribution in [0.1, 0.15) is 25.0 Å². The SMILES string of the molecule is CC1(C)c2cc(-c3cccc(-c4cccc(-c5cc(-c6ccc(-c7ccccc7)cc6)nc(-c6ccccc6)n5)c4)c3)ccc2-c2ccc3ccccc3c21. The fourth-order valence-corrected chi connectivity index (χ4v) is 8.44. The Morgan fingerprint density at radius 2 is 0.836 bits per heavy atom. The van der Waals surface area contributed by atoms with Gasteiger partial charge in [0.2, 0.25) is 0 Å². The average Bonchev–Trinajstić information content (AvgIpc) is 3.49. The van der Waals surface area contributed by atoms with E-state index in [0.29, 0.717) is 5.82 Å². The summed E-state index contributed by atoms with van der Waals surface area (Å²) in [6.45, 7) is 4.74. The van der Waals surface area contributed by atoms with E-state index in [9.17, 15) is 0 Å². The molecule has 0 saturated carbocycles. The summed E-state index contributed by atoms with van der Waals surface area (Å²) in [6.07, 6.45) is 0. The van der Waals surface area contributed by atoms with Crippen molar-refractivity contribution in [3.05, 3.63) is 205 Å². The third kappa shape index (κ3) is 5.84. The van der Waals surface area contributed by atoms with Crippen LogP contribution >= 0.6 is 0 Å². The second-order valence-electron chi connectivity index (χ2n) is 15.0. The maximum Gasteiger partial charge on any atom is 0.160 e. The van der Waals surface area contributed by atoms with Gasteiger partial charge in [-0.1, -0.05) is 184 Å². The van der Waals surface area contributed by atoms with Gasteiger partial charge in [-0.15, -0.1) is 0 Å². The molecule has 1 aromatic heterocycles. The van der Waals surface area contributed by atoms with Gasteiger partial charge in [-0.25, -0.2) is 9.97 Å². The standard InChI is InChI=1S/C53H38N2/c1-53(2)48-33-43(28-29-46(48)47-30-27-37-15-9-10-22-45(37)51(47)53)41-19-11-18-40(31-41)42-20-12-21-44(32-42)50-34-49(54-52(55-50)39-16-7-4-8-17-39)38-25-23-36(24-26-38)35-13-5-3-6-14-35/h3-34H,1-2H3. The van der Waals surface area contributed by atoms with E-state index in [1.165, 1.54) is 60.8 Å². The van der Waals surface area contributed by atoms with Crippen LogP contribution in [-0.2, 0) is 5.41 Å². The van der Waals surface area contributed by atoms with Gasteiger partial charge in [0.1, 0.15) is 0 Å². The highest BCUT2D eigenvalue weighted by atomic mass is 14.9. The molecule has 0 radical (unpaired) electrons. The predicted molar refractivity (Wildman–Crippen MR) is 230 cm³/mol. The number of fused-ring (bicyclic) bond motifs is 5. The van der Waals surface area contributed by atoms with Gasteiger partial charge in [-0.3, -0.25) is 0 Å². The van der Waals surface area contributed by atoms with Crippen molar-refractivity contribution < 1.29 is 0 Å². The Balaban J connectivity index is 1.01. The summed E-state index contributed by atoms with van der Waals surface area (Å²) in [5.41, 5.74) is 17.4. The quantitative estimate of drug-likeness (QED) is 0.172. The first kappa shape index (κ1) is 32.7. The fraction of sp³-hybridized carbons (Fsp3) is 0.0566. The summed E-state index contributed by atoms with van der Waals surface area (Å²) in [4.78, 5) is 10.2. The van der Waals surface area contributed by atoms with Crippen LogP contribution in [0.3, 0.4) is 0 Å². The van der Waals surface area contributed by atoms with E-state index in [1.54, 1.807) is 0 Å². The first-order valence-corrected chi connectivity index (χ1v) is 19.0. The summed E-state index contributed by atoms with van der Waals surface area (Å²) >= 11 is 0. The molecule has 0 aliphatic heterocycles. The normalized spacial score (nSPS) is 12.7. The van der Waals surface area contributed by atoms with Gasteiger partial charge in [0, 0.05) is 22.1 Å². The van der Waals surface area contributed by atoms with E-state index in [4.69, 9.17) is 9.97 Å². The Kier molecular flexibility index (Phi) is 7.85. The maximum absolute atomic E-state index is 5.14. The Bertz CT molecular complexity index is 2870. The molecule has 8 aromatic carbocycles. The third-order valence-electron chi connectivity index (χ3n) is 11.3. The number of aromatic nitrogens is 2. The van der Waals surface area contributed by atoms with E-state index in [-0.39, 0.29) is 5.41 Å². The fourth-order valence-electron chi connectivity index (χ4n) is 8.44. The van der Waals surface area contributed by atoms with Crippen molar-refractivity contribution in [1.82, 2.24) is 9.97 Å². The van der Waals surface area contributed by atoms with Crippen LogP contribution in [0.4, 0.5) is 0 Å². The van der Waals surface area contributed by atoms with E-state index in [0.717, 1.165) is 33.6 Å². The topological polar surface area (TPSA) is 25.8 Å². The van der Waals surface area contributed by atoms with E-state index < -0.39 is 0 Å².